The Morgan fingerprint density at radius 3 is 2.94 bits per heavy atom. The smallest absolute Gasteiger partial charge is 0.274 e. The molecular weight excluding hydrogens is 432 g/mol. The first-order chi connectivity index (χ1) is 16.7. The van der Waals surface area contributed by atoms with Crippen molar-refractivity contribution in [2.75, 3.05) is 13.2 Å². The highest BCUT2D eigenvalue weighted by molar-refractivity contribution is 5.92. The van der Waals surface area contributed by atoms with E-state index in [1.54, 1.807) is 27.7 Å². The molecule has 1 amide bonds. The van der Waals surface area contributed by atoms with Crippen molar-refractivity contribution in [3.8, 4) is 17.3 Å². The van der Waals surface area contributed by atoms with Gasteiger partial charge in [-0.2, -0.15) is 5.10 Å². The Kier molecular flexibility index (Phi) is 5.01. The Labute approximate surface area is 195 Å². The Morgan fingerprint density at radius 1 is 1.18 bits per heavy atom. The third kappa shape index (κ3) is 3.68. The van der Waals surface area contributed by atoms with Gasteiger partial charge in [-0.3, -0.25) is 9.48 Å². The van der Waals surface area contributed by atoms with E-state index in [0.717, 1.165) is 42.5 Å². The number of nitrogens with zero attached hydrogens (tertiary/aromatic N) is 6. The van der Waals surface area contributed by atoms with Crippen LogP contribution in [0.5, 0.6) is 5.88 Å². The van der Waals surface area contributed by atoms with Gasteiger partial charge < -0.3 is 14.1 Å². The van der Waals surface area contributed by atoms with Crippen LogP contribution in [0.4, 0.5) is 0 Å². The van der Waals surface area contributed by atoms with Crippen molar-refractivity contribution in [2.24, 2.45) is 7.05 Å². The molecule has 0 radical (unpaired) electrons. The fraction of sp³-hybridized carbons (Fsp3) is 0.280. The fourth-order valence-electron chi connectivity index (χ4n) is 4.59. The molecule has 0 N–H and O–H groups in total. The average molecular weight is 457 g/mol. The van der Waals surface area contributed by atoms with Gasteiger partial charge in [0.15, 0.2) is 11.4 Å². The van der Waals surface area contributed by atoms with Gasteiger partial charge in [0.05, 0.1) is 12.8 Å². The lowest BCUT2D eigenvalue weighted by molar-refractivity contribution is 0.0712. The summed E-state index contributed by atoms with van der Waals surface area (Å²) in [5.41, 5.74) is 2.78. The lowest BCUT2D eigenvalue weighted by atomic mass is 10.1. The molecule has 4 aromatic heterocycles. The van der Waals surface area contributed by atoms with Crippen molar-refractivity contribution < 1.29 is 13.9 Å². The first-order valence-corrected chi connectivity index (χ1v) is 11.4. The number of hydrogen-bond acceptors (Lipinski definition) is 6. The van der Waals surface area contributed by atoms with E-state index in [1.807, 2.05) is 54.4 Å². The van der Waals surface area contributed by atoms with Crippen LogP contribution in [0.1, 0.15) is 29.8 Å². The first-order valence-electron chi connectivity index (χ1n) is 11.4. The van der Waals surface area contributed by atoms with Gasteiger partial charge >= 0.3 is 0 Å². The maximum absolute atomic E-state index is 12.8. The topological polar surface area (TPSA) is 90.7 Å². The predicted octanol–water partition coefficient (Wildman–Crippen LogP) is 3.95. The molecular formula is C25H24N6O3. The summed E-state index contributed by atoms with van der Waals surface area (Å²) in [5.74, 6) is 1.19. The number of rotatable bonds is 6. The number of para-hydroxylation sites is 1. The second-order valence-electron chi connectivity index (χ2n) is 8.54. The van der Waals surface area contributed by atoms with Crippen LogP contribution in [0, 0.1) is 0 Å². The second kappa shape index (κ2) is 8.33. The number of benzene rings is 1. The van der Waals surface area contributed by atoms with Gasteiger partial charge in [-0.05, 0) is 37.1 Å². The number of aryl methyl sites for hydroxylation is 1. The van der Waals surface area contributed by atoms with Gasteiger partial charge in [0.2, 0.25) is 5.88 Å². The molecule has 6 rings (SSSR count). The number of ether oxygens (including phenoxy) is 1. The molecule has 1 atom stereocenters. The molecule has 1 aliphatic heterocycles. The van der Waals surface area contributed by atoms with Gasteiger partial charge in [-0.25, -0.2) is 9.50 Å². The third-order valence-electron chi connectivity index (χ3n) is 6.29. The summed E-state index contributed by atoms with van der Waals surface area (Å²) in [6.07, 6.45) is 6.23. The zero-order valence-corrected chi connectivity index (χ0v) is 18.8. The molecule has 1 aliphatic rings. The first kappa shape index (κ1) is 20.5. The van der Waals surface area contributed by atoms with E-state index >= 15 is 0 Å². The number of likely N-dealkylation sites (tertiary alicyclic amines) is 1. The van der Waals surface area contributed by atoms with Crippen LogP contribution < -0.4 is 4.74 Å². The molecule has 34 heavy (non-hydrogen) atoms. The van der Waals surface area contributed by atoms with Crippen LogP contribution in [-0.2, 0) is 7.05 Å². The standard InChI is InChI=1S/C25H24N6O3/c1-29-13-10-19(27-29)25(32)30-12-4-6-18(30)11-14-33-24-9-8-23-26-16-20(31(23)28-24)22-15-17-5-2-3-7-21(17)34-22/h2-3,5,7-10,13,15-16,18H,4,6,11-12,14H2,1H3/t18-/m0/s1. The van der Waals surface area contributed by atoms with Gasteiger partial charge in [-0.15, -0.1) is 5.10 Å². The highest BCUT2D eigenvalue weighted by atomic mass is 16.5. The van der Waals surface area contributed by atoms with E-state index in [0.29, 0.717) is 29.6 Å². The van der Waals surface area contributed by atoms with Crippen molar-refractivity contribution in [1.82, 2.24) is 29.3 Å². The van der Waals surface area contributed by atoms with Gasteiger partial charge in [0, 0.05) is 43.7 Å². The molecule has 9 heteroatoms. The molecule has 1 fully saturated rings. The minimum absolute atomic E-state index is 0.0171. The Balaban J connectivity index is 1.16. The summed E-state index contributed by atoms with van der Waals surface area (Å²) in [5, 5.41) is 9.91. The summed E-state index contributed by atoms with van der Waals surface area (Å²) in [6, 6.07) is 15.5. The van der Waals surface area contributed by atoms with E-state index in [2.05, 4.69) is 15.2 Å². The van der Waals surface area contributed by atoms with Crippen molar-refractivity contribution >= 4 is 22.5 Å². The zero-order chi connectivity index (χ0) is 23.1. The van der Waals surface area contributed by atoms with E-state index in [4.69, 9.17) is 9.15 Å². The van der Waals surface area contributed by atoms with Crippen molar-refractivity contribution in [1.29, 1.82) is 0 Å². The number of fused-ring (bicyclic) bond motifs is 2. The number of carbonyl (C=O) groups excluding carboxylic acids is 1. The van der Waals surface area contributed by atoms with Crippen LogP contribution >= 0.6 is 0 Å². The highest BCUT2D eigenvalue weighted by Crippen LogP contribution is 2.28. The lowest BCUT2D eigenvalue weighted by Crippen LogP contribution is -2.36. The predicted molar refractivity (Wildman–Crippen MR) is 126 cm³/mol. The van der Waals surface area contributed by atoms with E-state index in [-0.39, 0.29) is 11.9 Å². The summed E-state index contributed by atoms with van der Waals surface area (Å²) < 4.78 is 15.4. The average Bonchev–Trinajstić information content (AvgIpc) is 3.63. The van der Waals surface area contributed by atoms with Crippen LogP contribution in [0.3, 0.4) is 0 Å². The van der Waals surface area contributed by atoms with Gasteiger partial charge in [0.25, 0.3) is 5.91 Å². The molecule has 9 nitrogen and oxygen atoms in total. The van der Waals surface area contributed by atoms with Crippen LogP contribution in [0.2, 0.25) is 0 Å². The number of hydrogen-bond donors (Lipinski definition) is 0. The summed E-state index contributed by atoms with van der Waals surface area (Å²) in [6.45, 7) is 1.21. The summed E-state index contributed by atoms with van der Waals surface area (Å²) in [7, 11) is 1.82. The van der Waals surface area contributed by atoms with Crippen molar-refractivity contribution in [3.05, 3.63) is 66.6 Å². The quantitative estimate of drug-likeness (QED) is 0.384. The van der Waals surface area contributed by atoms with Crippen LogP contribution in [-0.4, -0.2) is 54.4 Å². The molecule has 0 spiro atoms. The zero-order valence-electron chi connectivity index (χ0n) is 18.8. The number of carbonyl (C=O) groups is 1. The minimum atomic E-state index is -0.0171. The SMILES string of the molecule is Cn1ccc(C(=O)N2CCC[C@H]2CCOc2ccc3ncc(-c4cc5ccccc5o4)n3n2)n1. The molecule has 0 bridgehead atoms. The summed E-state index contributed by atoms with van der Waals surface area (Å²) >= 11 is 0. The Bertz CT molecular complexity index is 1450. The molecule has 0 unspecified atom stereocenters. The fourth-order valence-corrected chi connectivity index (χ4v) is 4.59. The minimum Gasteiger partial charge on any atom is -0.477 e. The largest absolute Gasteiger partial charge is 0.477 e. The maximum atomic E-state index is 12.8. The number of aromatic nitrogens is 5. The Hall–Kier alpha value is -4.14. The van der Waals surface area contributed by atoms with Crippen molar-refractivity contribution in [3.63, 3.8) is 0 Å². The molecule has 0 saturated carbocycles. The molecule has 1 aromatic carbocycles. The van der Waals surface area contributed by atoms with Gasteiger partial charge in [-0.1, -0.05) is 18.2 Å². The third-order valence-corrected chi connectivity index (χ3v) is 6.29. The monoisotopic (exact) mass is 456 g/mol. The Morgan fingerprint density at radius 2 is 2.09 bits per heavy atom. The van der Waals surface area contributed by atoms with E-state index in [9.17, 15) is 4.79 Å². The van der Waals surface area contributed by atoms with E-state index in [1.165, 1.54) is 0 Å². The van der Waals surface area contributed by atoms with E-state index < -0.39 is 0 Å². The number of imidazole rings is 1. The number of furan rings is 1. The highest BCUT2D eigenvalue weighted by Gasteiger charge is 2.30. The molecule has 0 aliphatic carbocycles. The summed E-state index contributed by atoms with van der Waals surface area (Å²) in [4.78, 5) is 19.2. The molecule has 1 saturated heterocycles. The molecule has 5 heterocycles. The molecule has 5 aromatic rings. The van der Waals surface area contributed by atoms with Crippen LogP contribution in [0.15, 0.2) is 65.3 Å². The van der Waals surface area contributed by atoms with Crippen molar-refractivity contribution in [2.45, 2.75) is 25.3 Å². The maximum Gasteiger partial charge on any atom is 0.274 e. The normalized spacial score (nSPS) is 16.0. The van der Waals surface area contributed by atoms with Gasteiger partial charge in [0.1, 0.15) is 17.0 Å². The van der Waals surface area contributed by atoms with Crippen LogP contribution in [0.25, 0.3) is 28.1 Å². The number of amides is 1. The lowest BCUT2D eigenvalue weighted by Gasteiger charge is -2.23. The molecule has 172 valence electrons. The second-order valence-corrected chi connectivity index (χ2v) is 8.54.